The minimum Gasteiger partial charge on any atom is -0.396 e. The van der Waals surface area contributed by atoms with Crippen LogP contribution in [0.25, 0.3) is 0 Å². The van der Waals surface area contributed by atoms with Gasteiger partial charge in [0.05, 0.1) is 6.04 Å². The van der Waals surface area contributed by atoms with Crippen molar-refractivity contribution in [3.05, 3.63) is 0 Å². The Labute approximate surface area is 92.2 Å². The molecule has 0 saturated carbocycles. The van der Waals surface area contributed by atoms with Crippen molar-refractivity contribution in [2.75, 3.05) is 6.61 Å². The molecule has 4 heteroatoms. The van der Waals surface area contributed by atoms with Gasteiger partial charge in [-0.3, -0.25) is 4.79 Å². The van der Waals surface area contributed by atoms with Crippen molar-refractivity contribution < 1.29 is 9.90 Å². The molecule has 90 valence electrons. The van der Waals surface area contributed by atoms with Crippen LogP contribution in [-0.2, 0) is 4.79 Å². The number of aliphatic hydroxyl groups is 1. The quantitative estimate of drug-likeness (QED) is 0.584. The zero-order chi connectivity index (χ0) is 11.8. The highest BCUT2D eigenvalue weighted by atomic mass is 16.3. The minimum atomic E-state index is -0.418. The van der Waals surface area contributed by atoms with E-state index in [1.165, 1.54) is 0 Å². The van der Waals surface area contributed by atoms with Gasteiger partial charge in [0.1, 0.15) is 0 Å². The maximum atomic E-state index is 11.6. The molecule has 3 atom stereocenters. The maximum absolute atomic E-state index is 11.6. The summed E-state index contributed by atoms with van der Waals surface area (Å²) in [5.74, 6) is -0.0522. The Morgan fingerprint density at radius 2 is 2.07 bits per heavy atom. The molecule has 0 saturated heterocycles. The molecular formula is C11H24N2O2. The van der Waals surface area contributed by atoms with Crippen molar-refractivity contribution in [3.8, 4) is 0 Å². The molecule has 0 heterocycles. The molecule has 0 aliphatic carbocycles. The first-order valence-corrected chi connectivity index (χ1v) is 5.69. The molecule has 0 bridgehead atoms. The van der Waals surface area contributed by atoms with Crippen molar-refractivity contribution >= 4 is 5.91 Å². The van der Waals surface area contributed by atoms with Gasteiger partial charge in [0.15, 0.2) is 0 Å². The lowest BCUT2D eigenvalue weighted by atomic mass is 10.0. The fourth-order valence-electron chi connectivity index (χ4n) is 1.19. The van der Waals surface area contributed by atoms with Gasteiger partial charge in [-0.1, -0.05) is 26.7 Å². The van der Waals surface area contributed by atoms with Crippen molar-refractivity contribution in [1.29, 1.82) is 0 Å². The van der Waals surface area contributed by atoms with E-state index in [0.29, 0.717) is 0 Å². The Morgan fingerprint density at radius 1 is 1.47 bits per heavy atom. The summed E-state index contributed by atoms with van der Waals surface area (Å²) in [5, 5.41) is 11.7. The van der Waals surface area contributed by atoms with E-state index >= 15 is 0 Å². The zero-order valence-corrected chi connectivity index (χ0v) is 9.99. The molecule has 4 N–H and O–H groups in total. The summed E-state index contributed by atoms with van der Waals surface area (Å²) < 4.78 is 0. The number of nitrogens with one attached hydrogen (secondary N) is 1. The number of carbonyl (C=O) groups is 1. The summed E-state index contributed by atoms with van der Waals surface area (Å²) in [6.45, 7) is 5.92. The van der Waals surface area contributed by atoms with Crippen LogP contribution in [0.2, 0.25) is 0 Å². The highest BCUT2D eigenvalue weighted by Crippen LogP contribution is 2.03. The summed E-state index contributed by atoms with van der Waals surface area (Å²) in [6.07, 6.45) is 2.74. The fourth-order valence-corrected chi connectivity index (χ4v) is 1.19. The van der Waals surface area contributed by atoms with E-state index in [9.17, 15) is 4.79 Å². The molecule has 4 nitrogen and oxygen atoms in total. The number of unbranched alkanes of at least 4 members (excludes halogenated alkanes) is 1. The highest BCUT2D eigenvalue weighted by molar-refractivity contribution is 5.81. The lowest BCUT2D eigenvalue weighted by Crippen LogP contribution is -2.46. The second-order valence-corrected chi connectivity index (χ2v) is 4.21. The number of hydrogen-bond donors (Lipinski definition) is 3. The lowest BCUT2D eigenvalue weighted by molar-refractivity contribution is -0.123. The monoisotopic (exact) mass is 216 g/mol. The predicted molar refractivity (Wildman–Crippen MR) is 61.4 cm³/mol. The third-order valence-corrected chi connectivity index (χ3v) is 2.72. The smallest absolute Gasteiger partial charge is 0.237 e. The van der Waals surface area contributed by atoms with Gasteiger partial charge in [-0.25, -0.2) is 0 Å². The second kappa shape index (κ2) is 7.65. The molecular weight excluding hydrogens is 192 g/mol. The Bertz CT molecular complexity index is 185. The summed E-state index contributed by atoms with van der Waals surface area (Å²) >= 11 is 0. The average molecular weight is 216 g/mol. The second-order valence-electron chi connectivity index (χ2n) is 4.21. The topological polar surface area (TPSA) is 75.4 Å². The highest BCUT2D eigenvalue weighted by Gasteiger charge is 2.18. The third-order valence-electron chi connectivity index (χ3n) is 2.72. The van der Waals surface area contributed by atoms with Crippen LogP contribution >= 0.6 is 0 Å². The van der Waals surface area contributed by atoms with E-state index in [2.05, 4.69) is 12.2 Å². The van der Waals surface area contributed by atoms with Gasteiger partial charge in [0.25, 0.3) is 0 Å². The summed E-state index contributed by atoms with van der Waals surface area (Å²) in [6, 6.07) is -0.450. The van der Waals surface area contributed by atoms with Crippen molar-refractivity contribution in [2.24, 2.45) is 11.7 Å². The van der Waals surface area contributed by atoms with Gasteiger partial charge in [-0.2, -0.15) is 0 Å². The molecule has 0 radical (unpaired) electrons. The molecule has 3 unspecified atom stereocenters. The Balaban J connectivity index is 3.90. The van der Waals surface area contributed by atoms with Crippen molar-refractivity contribution in [1.82, 2.24) is 5.32 Å². The first kappa shape index (κ1) is 14.4. The molecule has 0 fully saturated rings. The van der Waals surface area contributed by atoms with Crippen LogP contribution in [-0.4, -0.2) is 29.7 Å². The van der Waals surface area contributed by atoms with Crippen LogP contribution in [0.4, 0.5) is 0 Å². The Morgan fingerprint density at radius 3 is 2.53 bits per heavy atom. The van der Waals surface area contributed by atoms with Crippen LogP contribution < -0.4 is 11.1 Å². The van der Waals surface area contributed by atoms with E-state index in [1.54, 1.807) is 0 Å². The normalized spacial score (nSPS) is 16.9. The number of rotatable bonds is 7. The molecule has 0 aromatic carbocycles. The SMILES string of the molecule is CCCCC(N)C(=O)NC(C)C(C)CO. The molecule has 0 aromatic rings. The minimum absolute atomic E-state index is 0.0322. The van der Waals surface area contributed by atoms with E-state index in [1.807, 2.05) is 13.8 Å². The molecule has 0 aliphatic rings. The number of amides is 1. The third kappa shape index (κ3) is 5.74. The van der Waals surface area contributed by atoms with Crippen LogP contribution in [0.3, 0.4) is 0 Å². The van der Waals surface area contributed by atoms with Gasteiger partial charge in [-0.15, -0.1) is 0 Å². The van der Waals surface area contributed by atoms with Gasteiger partial charge in [-0.05, 0) is 19.3 Å². The largest absolute Gasteiger partial charge is 0.396 e. The summed E-state index contributed by atoms with van der Waals surface area (Å²) in [5.41, 5.74) is 5.72. The molecule has 0 aliphatic heterocycles. The van der Waals surface area contributed by atoms with Gasteiger partial charge in [0.2, 0.25) is 5.91 Å². The van der Waals surface area contributed by atoms with E-state index in [0.717, 1.165) is 19.3 Å². The van der Waals surface area contributed by atoms with E-state index in [4.69, 9.17) is 10.8 Å². The van der Waals surface area contributed by atoms with Crippen molar-refractivity contribution in [3.63, 3.8) is 0 Å². The molecule has 0 rings (SSSR count). The fraction of sp³-hybridized carbons (Fsp3) is 0.909. The van der Waals surface area contributed by atoms with E-state index < -0.39 is 6.04 Å². The molecule has 1 amide bonds. The standard InChI is InChI=1S/C11H24N2O2/c1-4-5-6-10(12)11(15)13-9(3)8(2)7-14/h8-10,14H,4-7,12H2,1-3H3,(H,13,15). The van der Waals surface area contributed by atoms with Gasteiger partial charge in [0, 0.05) is 12.6 Å². The molecule has 0 spiro atoms. The Kier molecular flexibility index (Phi) is 7.34. The van der Waals surface area contributed by atoms with Crippen LogP contribution in [0.1, 0.15) is 40.0 Å². The first-order chi connectivity index (χ1) is 7.02. The summed E-state index contributed by atoms with van der Waals surface area (Å²) in [4.78, 5) is 11.6. The summed E-state index contributed by atoms with van der Waals surface area (Å²) in [7, 11) is 0. The van der Waals surface area contributed by atoms with Crippen LogP contribution in [0.15, 0.2) is 0 Å². The van der Waals surface area contributed by atoms with Gasteiger partial charge >= 0.3 is 0 Å². The first-order valence-electron chi connectivity index (χ1n) is 5.69. The average Bonchev–Trinajstić information content (AvgIpc) is 2.24. The van der Waals surface area contributed by atoms with Crippen molar-refractivity contribution in [2.45, 2.75) is 52.1 Å². The molecule has 0 aromatic heterocycles. The number of carbonyl (C=O) groups excluding carboxylic acids is 1. The number of nitrogens with two attached hydrogens (primary N) is 1. The van der Waals surface area contributed by atoms with Crippen LogP contribution in [0.5, 0.6) is 0 Å². The number of aliphatic hydroxyl groups excluding tert-OH is 1. The maximum Gasteiger partial charge on any atom is 0.237 e. The van der Waals surface area contributed by atoms with Crippen LogP contribution in [0, 0.1) is 5.92 Å². The van der Waals surface area contributed by atoms with Gasteiger partial charge < -0.3 is 16.2 Å². The predicted octanol–water partition coefficient (Wildman–Crippen LogP) is 0.637. The Hall–Kier alpha value is -0.610. The lowest BCUT2D eigenvalue weighted by Gasteiger charge is -2.21. The molecule has 15 heavy (non-hydrogen) atoms. The number of hydrogen-bond acceptors (Lipinski definition) is 3. The zero-order valence-electron chi connectivity index (χ0n) is 9.99. The van der Waals surface area contributed by atoms with E-state index in [-0.39, 0.29) is 24.5 Å².